The van der Waals surface area contributed by atoms with E-state index in [4.69, 9.17) is 4.74 Å². The van der Waals surface area contributed by atoms with E-state index in [1.807, 2.05) is 18.2 Å². The van der Waals surface area contributed by atoms with E-state index in [2.05, 4.69) is 19.9 Å². The third-order valence-electron chi connectivity index (χ3n) is 6.51. The number of aromatic nitrogens is 1. The zero-order valence-electron chi connectivity index (χ0n) is 22.1. The molecule has 1 aliphatic heterocycles. The van der Waals surface area contributed by atoms with Crippen LogP contribution in [0.3, 0.4) is 0 Å². The van der Waals surface area contributed by atoms with Gasteiger partial charge in [-0.2, -0.15) is 0 Å². The van der Waals surface area contributed by atoms with E-state index in [0.717, 1.165) is 11.8 Å². The lowest BCUT2D eigenvalue weighted by Crippen LogP contribution is -2.41. The number of sulfonamides is 1. The number of rotatable bonds is 10. The molecule has 208 valence electrons. The molecule has 12 heteroatoms. The molecule has 4 rings (SSSR count). The normalized spacial score (nSPS) is 16.6. The van der Waals surface area contributed by atoms with Crippen LogP contribution < -0.4 is 14.8 Å². The van der Waals surface area contributed by atoms with E-state index in [-0.39, 0.29) is 24.5 Å². The molecule has 0 unspecified atom stereocenters. The van der Waals surface area contributed by atoms with Crippen LogP contribution >= 0.6 is 0 Å². The van der Waals surface area contributed by atoms with Crippen LogP contribution in [0.2, 0.25) is 0 Å². The smallest absolute Gasteiger partial charge is 0.260 e. The van der Waals surface area contributed by atoms with Gasteiger partial charge in [-0.3, -0.25) is 24.2 Å². The maximum absolute atomic E-state index is 13.4. The van der Waals surface area contributed by atoms with Crippen molar-refractivity contribution >= 4 is 44.1 Å². The average Bonchev–Trinajstić information content (AvgIpc) is 3.29. The highest BCUT2D eigenvalue weighted by molar-refractivity contribution is 7.92. The molecule has 0 saturated carbocycles. The van der Waals surface area contributed by atoms with Crippen LogP contribution in [0.1, 0.15) is 24.9 Å². The number of nitrogens with one attached hydrogen (secondary N) is 2. The molecule has 1 fully saturated rings. The molecule has 2 aromatic carbocycles. The van der Waals surface area contributed by atoms with Crippen LogP contribution in [0, 0.1) is 0 Å². The molecule has 39 heavy (non-hydrogen) atoms. The fraction of sp³-hybridized carbons (Fsp3) is 0.370. The first-order valence-corrected chi connectivity index (χ1v) is 14.4. The SMILES string of the molecule is CC(=O)Nc1cccc([C@@H](CN2CC[C@H](O)C2)N(C)C(=O)COc2ccc(NS(C)(=O)=O)c3ncccc23)c1. The molecule has 0 radical (unpaired) electrons. The molecule has 2 atom stereocenters. The molecule has 0 bridgehead atoms. The van der Waals surface area contributed by atoms with Crippen molar-refractivity contribution in [1.29, 1.82) is 0 Å². The third-order valence-corrected chi connectivity index (χ3v) is 7.10. The summed E-state index contributed by atoms with van der Waals surface area (Å²) in [6, 6.07) is 13.6. The monoisotopic (exact) mass is 555 g/mol. The Hall–Kier alpha value is -3.74. The minimum absolute atomic E-state index is 0.191. The van der Waals surface area contributed by atoms with E-state index in [9.17, 15) is 23.1 Å². The summed E-state index contributed by atoms with van der Waals surface area (Å²) in [5, 5.41) is 13.4. The number of fused-ring (bicyclic) bond motifs is 1. The summed E-state index contributed by atoms with van der Waals surface area (Å²) in [5.41, 5.74) is 2.19. The van der Waals surface area contributed by atoms with Gasteiger partial charge in [-0.05, 0) is 48.4 Å². The van der Waals surface area contributed by atoms with Gasteiger partial charge in [0.2, 0.25) is 15.9 Å². The number of nitrogens with zero attached hydrogens (tertiary/aromatic N) is 3. The minimum Gasteiger partial charge on any atom is -0.483 e. The molecule has 1 saturated heterocycles. The van der Waals surface area contributed by atoms with Crippen molar-refractivity contribution in [3.8, 4) is 5.75 Å². The summed E-state index contributed by atoms with van der Waals surface area (Å²) < 4.78 is 31.9. The number of aliphatic hydroxyl groups excluding tert-OH is 1. The number of likely N-dealkylation sites (tertiary alicyclic amines) is 1. The lowest BCUT2D eigenvalue weighted by atomic mass is 10.0. The number of carbonyl (C=O) groups is 2. The van der Waals surface area contributed by atoms with Crippen molar-refractivity contribution in [2.24, 2.45) is 0 Å². The number of β-amino-alcohol motifs (C(OH)–C–C–N with tert-alkyl or cyclic N) is 1. The van der Waals surface area contributed by atoms with Gasteiger partial charge in [-0.25, -0.2) is 8.42 Å². The Morgan fingerprint density at radius 2 is 2.03 bits per heavy atom. The number of pyridine rings is 1. The second-order valence-electron chi connectivity index (χ2n) is 9.70. The van der Waals surface area contributed by atoms with Gasteiger partial charge in [-0.1, -0.05) is 12.1 Å². The second-order valence-corrected chi connectivity index (χ2v) is 11.5. The van der Waals surface area contributed by atoms with Crippen molar-refractivity contribution in [2.75, 3.05) is 49.6 Å². The zero-order valence-corrected chi connectivity index (χ0v) is 22.9. The lowest BCUT2D eigenvalue weighted by molar-refractivity contribution is -0.134. The van der Waals surface area contributed by atoms with Gasteiger partial charge in [0.1, 0.15) is 5.75 Å². The van der Waals surface area contributed by atoms with Crippen LogP contribution in [0.15, 0.2) is 54.7 Å². The van der Waals surface area contributed by atoms with E-state index >= 15 is 0 Å². The maximum Gasteiger partial charge on any atom is 0.260 e. The first-order chi connectivity index (χ1) is 18.5. The number of aliphatic hydroxyl groups is 1. The average molecular weight is 556 g/mol. The molecule has 0 spiro atoms. The number of carbonyl (C=O) groups excluding carboxylic acids is 2. The Bertz CT molecular complexity index is 1460. The highest BCUT2D eigenvalue weighted by Gasteiger charge is 2.28. The summed E-state index contributed by atoms with van der Waals surface area (Å²) in [7, 11) is -1.81. The minimum atomic E-state index is -3.51. The molecular formula is C27H33N5O6S. The van der Waals surface area contributed by atoms with Gasteiger partial charge in [0, 0.05) is 50.9 Å². The summed E-state index contributed by atoms with van der Waals surface area (Å²) in [6.45, 7) is 2.92. The summed E-state index contributed by atoms with van der Waals surface area (Å²) in [4.78, 5) is 33.0. The number of hydrogen-bond acceptors (Lipinski definition) is 8. The van der Waals surface area contributed by atoms with E-state index in [0.29, 0.717) is 54.1 Å². The molecule has 2 heterocycles. The number of anilines is 2. The van der Waals surface area contributed by atoms with Gasteiger partial charge in [0.05, 0.1) is 29.6 Å². The molecule has 2 amide bonds. The Labute approximate surface area is 227 Å². The molecule has 1 aliphatic rings. The Morgan fingerprint density at radius 3 is 2.72 bits per heavy atom. The van der Waals surface area contributed by atoms with E-state index in [1.54, 1.807) is 48.5 Å². The topological polar surface area (TPSA) is 141 Å². The van der Waals surface area contributed by atoms with E-state index < -0.39 is 16.1 Å². The van der Waals surface area contributed by atoms with Crippen LogP contribution in [0.25, 0.3) is 10.9 Å². The molecule has 1 aromatic heterocycles. The molecule has 0 aliphatic carbocycles. The highest BCUT2D eigenvalue weighted by Crippen LogP contribution is 2.31. The molecule has 11 nitrogen and oxygen atoms in total. The summed E-state index contributed by atoms with van der Waals surface area (Å²) in [5.74, 6) is -0.0745. The second kappa shape index (κ2) is 12.0. The third kappa shape index (κ3) is 7.43. The van der Waals surface area contributed by atoms with Crippen molar-refractivity contribution in [3.05, 3.63) is 60.3 Å². The predicted molar refractivity (Wildman–Crippen MR) is 149 cm³/mol. The van der Waals surface area contributed by atoms with Gasteiger partial charge >= 0.3 is 0 Å². The highest BCUT2D eigenvalue weighted by atomic mass is 32.2. The first kappa shape index (κ1) is 28.3. The Balaban J connectivity index is 1.54. The van der Waals surface area contributed by atoms with Crippen LogP contribution in [-0.4, -0.2) is 85.8 Å². The Morgan fingerprint density at radius 1 is 1.23 bits per heavy atom. The fourth-order valence-electron chi connectivity index (χ4n) is 4.67. The van der Waals surface area contributed by atoms with Crippen LogP contribution in [-0.2, 0) is 19.6 Å². The molecular weight excluding hydrogens is 522 g/mol. The van der Waals surface area contributed by atoms with Crippen molar-refractivity contribution in [1.82, 2.24) is 14.8 Å². The fourth-order valence-corrected chi connectivity index (χ4v) is 5.23. The maximum atomic E-state index is 13.4. The first-order valence-electron chi connectivity index (χ1n) is 12.5. The number of hydrogen-bond donors (Lipinski definition) is 3. The van der Waals surface area contributed by atoms with Crippen LogP contribution in [0.5, 0.6) is 5.75 Å². The lowest BCUT2D eigenvalue weighted by Gasteiger charge is -2.32. The number of amides is 2. The molecule has 3 aromatic rings. The van der Waals surface area contributed by atoms with Gasteiger partial charge in [0.15, 0.2) is 6.61 Å². The summed E-state index contributed by atoms with van der Waals surface area (Å²) in [6.07, 6.45) is 2.88. The van der Waals surface area contributed by atoms with Gasteiger partial charge in [-0.15, -0.1) is 0 Å². The quantitative estimate of drug-likeness (QED) is 0.346. The van der Waals surface area contributed by atoms with Crippen LogP contribution in [0.4, 0.5) is 11.4 Å². The van der Waals surface area contributed by atoms with E-state index in [1.165, 1.54) is 6.92 Å². The number of ether oxygens (including phenoxy) is 1. The molecule has 3 N–H and O–H groups in total. The van der Waals surface area contributed by atoms with Crippen molar-refractivity contribution in [3.63, 3.8) is 0 Å². The largest absolute Gasteiger partial charge is 0.483 e. The Kier molecular flexibility index (Phi) is 8.68. The summed E-state index contributed by atoms with van der Waals surface area (Å²) >= 11 is 0. The van der Waals surface area contributed by atoms with Crippen molar-refractivity contribution in [2.45, 2.75) is 25.5 Å². The van der Waals surface area contributed by atoms with Crippen molar-refractivity contribution < 1.29 is 27.9 Å². The zero-order chi connectivity index (χ0) is 28.2. The van der Waals surface area contributed by atoms with Gasteiger partial charge < -0.3 is 20.1 Å². The van der Waals surface area contributed by atoms with Gasteiger partial charge in [0.25, 0.3) is 5.91 Å². The number of benzene rings is 2. The number of likely N-dealkylation sites (N-methyl/N-ethyl adjacent to an activating group) is 1. The predicted octanol–water partition coefficient (Wildman–Crippen LogP) is 2.21. The standard InChI is InChI=1S/C27H33N5O6S/c1-18(33)29-20-7-4-6-19(14-20)24(16-32-13-11-21(34)15-32)31(2)26(35)17-38-25-10-9-23(30-39(3,36)37)27-22(25)8-5-12-28-27/h4-10,12,14,21,24,30,34H,11,13,15-17H2,1-3H3,(H,29,33)/t21-,24+/m0/s1.